The van der Waals surface area contributed by atoms with Gasteiger partial charge in [0, 0.05) is 12.8 Å². The van der Waals surface area contributed by atoms with Crippen LogP contribution in [0.3, 0.4) is 0 Å². The lowest BCUT2D eigenvalue weighted by atomic mass is 10.1. The monoisotopic (exact) mass is 284 g/mol. The van der Waals surface area contributed by atoms with Crippen LogP contribution in [0.5, 0.6) is 0 Å². The van der Waals surface area contributed by atoms with Crippen molar-refractivity contribution in [1.82, 2.24) is 20.2 Å². The number of carboxylic acids is 1. The molecule has 1 N–H and O–H groups in total. The normalized spacial score (nSPS) is 10.6. The summed E-state index contributed by atoms with van der Waals surface area (Å²) in [7, 11) is 1.75. The van der Waals surface area contributed by atoms with Gasteiger partial charge in [-0.2, -0.15) is 0 Å². The van der Waals surface area contributed by atoms with Crippen LogP contribution in [0.4, 0.5) is 0 Å². The molecule has 0 saturated heterocycles. The van der Waals surface area contributed by atoms with Crippen molar-refractivity contribution in [2.45, 2.75) is 10.9 Å². The third-order valence-electron chi connectivity index (χ3n) is 2.21. The zero-order chi connectivity index (χ0) is 13.1. The summed E-state index contributed by atoms with van der Waals surface area (Å²) < 4.78 is 1.57. The Balaban J connectivity index is 2.09. The lowest BCUT2D eigenvalue weighted by Crippen LogP contribution is -1.98. The molecule has 0 saturated carbocycles. The van der Waals surface area contributed by atoms with Gasteiger partial charge in [0.15, 0.2) is 0 Å². The number of carboxylic acid groups (broad SMARTS) is 1. The molecule has 0 bridgehead atoms. The summed E-state index contributed by atoms with van der Waals surface area (Å²) in [5.74, 6) is -0.412. The van der Waals surface area contributed by atoms with E-state index >= 15 is 0 Å². The SMILES string of the molecule is Cn1nnnc1SCc1ccc(C(=O)O)c(Cl)c1. The number of tetrazole rings is 1. The van der Waals surface area contributed by atoms with E-state index in [1.54, 1.807) is 23.9 Å². The van der Waals surface area contributed by atoms with Gasteiger partial charge in [0.2, 0.25) is 5.16 Å². The summed E-state index contributed by atoms with van der Waals surface area (Å²) >= 11 is 7.33. The van der Waals surface area contributed by atoms with Crippen molar-refractivity contribution >= 4 is 29.3 Å². The molecule has 94 valence electrons. The first-order chi connectivity index (χ1) is 8.58. The van der Waals surface area contributed by atoms with Crippen LogP contribution in [0.1, 0.15) is 15.9 Å². The van der Waals surface area contributed by atoms with Crippen LogP contribution in [0, 0.1) is 0 Å². The van der Waals surface area contributed by atoms with E-state index in [0.29, 0.717) is 10.9 Å². The Morgan fingerprint density at radius 1 is 1.56 bits per heavy atom. The number of benzene rings is 1. The van der Waals surface area contributed by atoms with Crippen LogP contribution in [0.25, 0.3) is 0 Å². The Morgan fingerprint density at radius 3 is 2.89 bits per heavy atom. The molecule has 0 atom stereocenters. The molecule has 0 aliphatic heterocycles. The molecule has 1 aromatic carbocycles. The van der Waals surface area contributed by atoms with Crippen LogP contribution in [-0.2, 0) is 12.8 Å². The minimum Gasteiger partial charge on any atom is -0.478 e. The molecule has 2 aromatic rings. The molecule has 6 nitrogen and oxygen atoms in total. The molecular weight excluding hydrogens is 276 g/mol. The van der Waals surface area contributed by atoms with Gasteiger partial charge in [-0.25, -0.2) is 9.48 Å². The van der Waals surface area contributed by atoms with E-state index in [-0.39, 0.29) is 10.6 Å². The molecule has 0 unspecified atom stereocenters. The third kappa shape index (κ3) is 2.80. The van der Waals surface area contributed by atoms with E-state index in [9.17, 15) is 4.79 Å². The average molecular weight is 285 g/mol. The molecule has 18 heavy (non-hydrogen) atoms. The lowest BCUT2D eigenvalue weighted by molar-refractivity contribution is 0.0697. The zero-order valence-electron chi connectivity index (χ0n) is 9.37. The van der Waals surface area contributed by atoms with Crippen molar-refractivity contribution in [2.24, 2.45) is 7.05 Å². The van der Waals surface area contributed by atoms with Crippen molar-refractivity contribution in [2.75, 3.05) is 0 Å². The van der Waals surface area contributed by atoms with Gasteiger partial charge in [-0.15, -0.1) is 5.10 Å². The Morgan fingerprint density at radius 2 is 2.33 bits per heavy atom. The maximum Gasteiger partial charge on any atom is 0.337 e. The molecule has 0 aliphatic carbocycles. The number of hydrogen-bond acceptors (Lipinski definition) is 5. The average Bonchev–Trinajstić information content (AvgIpc) is 2.72. The van der Waals surface area contributed by atoms with E-state index in [2.05, 4.69) is 15.5 Å². The minimum atomic E-state index is -1.03. The number of aromatic nitrogens is 4. The van der Waals surface area contributed by atoms with Gasteiger partial charge in [0.25, 0.3) is 0 Å². The van der Waals surface area contributed by atoms with Gasteiger partial charge >= 0.3 is 5.97 Å². The highest BCUT2D eigenvalue weighted by Crippen LogP contribution is 2.23. The van der Waals surface area contributed by atoms with E-state index < -0.39 is 5.97 Å². The number of hydrogen-bond donors (Lipinski definition) is 1. The fraction of sp³-hybridized carbons (Fsp3) is 0.200. The Kier molecular flexibility index (Phi) is 3.83. The first kappa shape index (κ1) is 12.8. The van der Waals surface area contributed by atoms with Crippen LogP contribution >= 0.6 is 23.4 Å². The second kappa shape index (κ2) is 5.36. The summed E-state index contributed by atoms with van der Waals surface area (Å²) in [6.45, 7) is 0. The van der Waals surface area contributed by atoms with Crippen LogP contribution in [0.15, 0.2) is 23.4 Å². The maximum absolute atomic E-state index is 10.8. The number of aromatic carboxylic acids is 1. The second-order valence-corrected chi connectivity index (χ2v) is 4.84. The zero-order valence-corrected chi connectivity index (χ0v) is 10.9. The number of thioether (sulfide) groups is 1. The van der Waals surface area contributed by atoms with Crippen molar-refractivity contribution in [1.29, 1.82) is 0 Å². The minimum absolute atomic E-state index is 0.103. The predicted octanol–water partition coefficient (Wildman–Crippen LogP) is 1.85. The quantitative estimate of drug-likeness (QED) is 0.863. The molecule has 0 fully saturated rings. The number of halogens is 1. The number of carbonyl (C=O) groups is 1. The van der Waals surface area contributed by atoms with E-state index in [0.717, 1.165) is 5.56 Å². The summed E-state index contributed by atoms with van der Waals surface area (Å²) in [4.78, 5) is 10.8. The molecule has 1 aromatic heterocycles. The van der Waals surface area contributed by atoms with Gasteiger partial charge in [0.05, 0.1) is 10.6 Å². The van der Waals surface area contributed by atoms with Crippen molar-refractivity contribution in [3.63, 3.8) is 0 Å². The third-order valence-corrected chi connectivity index (χ3v) is 3.61. The summed E-state index contributed by atoms with van der Waals surface area (Å²) in [6, 6.07) is 4.86. The summed E-state index contributed by atoms with van der Waals surface area (Å²) in [6.07, 6.45) is 0. The highest BCUT2D eigenvalue weighted by molar-refractivity contribution is 7.98. The Bertz CT molecular complexity index is 587. The van der Waals surface area contributed by atoms with Gasteiger partial charge in [-0.05, 0) is 28.1 Å². The van der Waals surface area contributed by atoms with Gasteiger partial charge in [-0.1, -0.05) is 29.4 Å². The molecule has 0 aliphatic rings. The number of rotatable bonds is 4. The van der Waals surface area contributed by atoms with Gasteiger partial charge < -0.3 is 5.11 Å². The predicted molar refractivity (Wildman–Crippen MR) is 66.8 cm³/mol. The number of aryl methyl sites for hydroxylation is 1. The number of nitrogens with zero attached hydrogens (tertiary/aromatic N) is 4. The molecule has 0 amide bonds. The van der Waals surface area contributed by atoms with Crippen molar-refractivity contribution in [3.05, 3.63) is 34.3 Å². The van der Waals surface area contributed by atoms with Crippen molar-refractivity contribution < 1.29 is 9.90 Å². The van der Waals surface area contributed by atoms with E-state index in [1.807, 2.05) is 0 Å². The van der Waals surface area contributed by atoms with E-state index in [4.69, 9.17) is 16.7 Å². The second-order valence-electron chi connectivity index (χ2n) is 3.49. The first-order valence-electron chi connectivity index (χ1n) is 4.95. The fourth-order valence-corrected chi connectivity index (χ4v) is 2.39. The fourth-order valence-electron chi connectivity index (χ4n) is 1.31. The smallest absolute Gasteiger partial charge is 0.337 e. The standard InChI is InChI=1S/C10H9ClN4O2S/c1-15-10(12-13-14-15)18-5-6-2-3-7(9(16)17)8(11)4-6/h2-4H,5H2,1H3,(H,16,17). The highest BCUT2D eigenvalue weighted by Gasteiger charge is 2.10. The van der Waals surface area contributed by atoms with Crippen molar-refractivity contribution in [3.8, 4) is 0 Å². The molecule has 8 heteroatoms. The molecular formula is C10H9ClN4O2S. The van der Waals surface area contributed by atoms with Gasteiger partial charge in [-0.3, -0.25) is 0 Å². The molecule has 2 rings (SSSR count). The molecule has 0 radical (unpaired) electrons. The summed E-state index contributed by atoms with van der Waals surface area (Å²) in [5.41, 5.74) is 1.02. The Hall–Kier alpha value is -1.60. The summed E-state index contributed by atoms with van der Waals surface area (Å²) in [5, 5.41) is 20.9. The molecule has 0 spiro atoms. The lowest BCUT2D eigenvalue weighted by Gasteiger charge is -2.03. The van der Waals surface area contributed by atoms with Crippen LogP contribution in [-0.4, -0.2) is 31.3 Å². The topological polar surface area (TPSA) is 80.9 Å². The van der Waals surface area contributed by atoms with Crippen LogP contribution < -0.4 is 0 Å². The highest BCUT2D eigenvalue weighted by atomic mass is 35.5. The first-order valence-corrected chi connectivity index (χ1v) is 6.31. The molecule has 1 heterocycles. The maximum atomic E-state index is 10.8. The van der Waals surface area contributed by atoms with Gasteiger partial charge in [0.1, 0.15) is 0 Å². The Labute approximate surface area is 112 Å². The largest absolute Gasteiger partial charge is 0.478 e. The van der Waals surface area contributed by atoms with Crippen LogP contribution in [0.2, 0.25) is 5.02 Å². The van der Waals surface area contributed by atoms with E-state index in [1.165, 1.54) is 17.8 Å².